The predicted molar refractivity (Wildman–Crippen MR) is 103 cm³/mol. The third-order valence-corrected chi connectivity index (χ3v) is 5.03. The maximum atomic E-state index is 13.5. The van der Waals surface area contributed by atoms with E-state index in [1.807, 2.05) is 25.5 Å². The molecule has 0 bridgehead atoms. The van der Waals surface area contributed by atoms with Crippen LogP contribution in [0.5, 0.6) is 0 Å². The standard InChI is InChI=1S/C18H28F3N5O.ClH/c1-17(2,3)26-14(12-4-5-12)10-13(24-26)16(27)23-11-15(18(19,20)21)25-8-6-22-7-9-25;/h10,12,15,22H,4-9,11H2,1-3H3,(H,23,27);1H. The zero-order valence-corrected chi connectivity index (χ0v) is 17.3. The smallest absolute Gasteiger partial charge is 0.349 e. The Morgan fingerprint density at radius 3 is 2.39 bits per heavy atom. The van der Waals surface area contributed by atoms with Crippen molar-refractivity contribution in [3.63, 3.8) is 0 Å². The summed E-state index contributed by atoms with van der Waals surface area (Å²) in [6.45, 7) is 7.17. The van der Waals surface area contributed by atoms with Crippen LogP contribution in [0.1, 0.15) is 55.7 Å². The van der Waals surface area contributed by atoms with Crippen LogP contribution in [0.4, 0.5) is 13.2 Å². The second-order valence-corrected chi connectivity index (χ2v) is 8.36. The number of nitrogens with zero attached hydrogens (tertiary/aromatic N) is 3. The first-order valence-electron chi connectivity index (χ1n) is 9.47. The second-order valence-electron chi connectivity index (χ2n) is 8.36. The molecule has 0 spiro atoms. The molecular weight excluding hydrogens is 395 g/mol. The Morgan fingerprint density at radius 1 is 1.29 bits per heavy atom. The number of aromatic nitrogens is 2. The van der Waals surface area contributed by atoms with E-state index in [1.165, 1.54) is 4.90 Å². The topological polar surface area (TPSA) is 62.2 Å². The van der Waals surface area contributed by atoms with Crippen LogP contribution in [0.25, 0.3) is 0 Å². The highest BCUT2D eigenvalue weighted by Gasteiger charge is 2.44. The number of carbonyl (C=O) groups is 1. The van der Waals surface area contributed by atoms with E-state index in [2.05, 4.69) is 15.7 Å². The number of hydrogen-bond acceptors (Lipinski definition) is 4. The van der Waals surface area contributed by atoms with Crippen molar-refractivity contribution in [2.45, 2.75) is 57.3 Å². The Bertz CT molecular complexity index is 676. The third kappa shape index (κ3) is 5.39. The Kier molecular flexibility index (Phi) is 7.04. The zero-order valence-electron chi connectivity index (χ0n) is 16.5. The molecule has 28 heavy (non-hydrogen) atoms. The molecule has 6 nitrogen and oxygen atoms in total. The van der Waals surface area contributed by atoms with Gasteiger partial charge in [0.1, 0.15) is 11.7 Å². The Morgan fingerprint density at radius 2 is 1.89 bits per heavy atom. The minimum Gasteiger partial charge on any atom is -0.349 e. The van der Waals surface area contributed by atoms with Gasteiger partial charge in [-0.05, 0) is 39.7 Å². The van der Waals surface area contributed by atoms with E-state index in [0.717, 1.165) is 18.5 Å². The summed E-state index contributed by atoms with van der Waals surface area (Å²) in [4.78, 5) is 13.9. The number of carbonyl (C=O) groups excluding carboxylic acids is 1. The summed E-state index contributed by atoms with van der Waals surface area (Å²) in [7, 11) is 0. The molecule has 1 saturated heterocycles. The fourth-order valence-corrected chi connectivity index (χ4v) is 3.44. The van der Waals surface area contributed by atoms with E-state index in [-0.39, 0.29) is 23.6 Å². The summed E-state index contributed by atoms with van der Waals surface area (Å²) in [5.74, 6) is -0.161. The number of piperazine rings is 1. The molecule has 1 aromatic heterocycles. The molecule has 1 aliphatic heterocycles. The van der Waals surface area contributed by atoms with Crippen molar-refractivity contribution < 1.29 is 18.0 Å². The monoisotopic (exact) mass is 423 g/mol. The average molecular weight is 424 g/mol. The molecule has 3 rings (SSSR count). The SMILES string of the molecule is CC(C)(C)n1nc(C(=O)NCC(N2CCNCC2)C(F)(F)F)cc1C1CC1.Cl. The fraction of sp³-hybridized carbons (Fsp3) is 0.778. The van der Waals surface area contributed by atoms with E-state index < -0.39 is 24.7 Å². The fourth-order valence-electron chi connectivity index (χ4n) is 3.44. The summed E-state index contributed by atoms with van der Waals surface area (Å²) >= 11 is 0. The highest BCUT2D eigenvalue weighted by atomic mass is 35.5. The van der Waals surface area contributed by atoms with Gasteiger partial charge in [-0.2, -0.15) is 18.3 Å². The maximum absolute atomic E-state index is 13.5. The molecule has 0 aromatic carbocycles. The van der Waals surface area contributed by atoms with Gasteiger partial charge in [0.25, 0.3) is 5.91 Å². The van der Waals surface area contributed by atoms with Gasteiger partial charge >= 0.3 is 6.18 Å². The lowest BCUT2D eigenvalue weighted by molar-refractivity contribution is -0.183. The van der Waals surface area contributed by atoms with Gasteiger partial charge in [-0.15, -0.1) is 12.4 Å². The summed E-state index contributed by atoms with van der Waals surface area (Å²) in [5.41, 5.74) is 0.890. The zero-order chi connectivity index (χ0) is 19.8. The van der Waals surface area contributed by atoms with Crippen molar-refractivity contribution in [2.75, 3.05) is 32.7 Å². The molecule has 1 atom stereocenters. The van der Waals surface area contributed by atoms with Gasteiger partial charge in [-0.1, -0.05) is 0 Å². The minimum atomic E-state index is -4.39. The van der Waals surface area contributed by atoms with Gasteiger partial charge in [0.15, 0.2) is 0 Å². The number of hydrogen-bond donors (Lipinski definition) is 2. The molecule has 1 aliphatic carbocycles. The molecule has 160 valence electrons. The molecule has 1 aromatic rings. The van der Waals surface area contributed by atoms with Gasteiger partial charge in [0.05, 0.1) is 5.54 Å². The van der Waals surface area contributed by atoms with Gasteiger partial charge in [0, 0.05) is 44.3 Å². The summed E-state index contributed by atoms with van der Waals surface area (Å²) in [6, 6.07) is 0.0437. The van der Waals surface area contributed by atoms with Crippen molar-refractivity contribution in [3.05, 3.63) is 17.5 Å². The van der Waals surface area contributed by atoms with Crippen LogP contribution in [-0.2, 0) is 5.54 Å². The molecule has 1 unspecified atom stereocenters. The molecule has 1 saturated carbocycles. The average Bonchev–Trinajstić information content (AvgIpc) is 3.31. The predicted octanol–water partition coefficient (Wildman–Crippen LogP) is 2.50. The number of halogens is 4. The molecule has 10 heteroatoms. The van der Waals surface area contributed by atoms with Crippen molar-refractivity contribution in [1.29, 1.82) is 0 Å². The Balaban J connectivity index is 0.00000280. The van der Waals surface area contributed by atoms with Crippen molar-refractivity contribution in [2.24, 2.45) is 0 Å². The highest BCUT2D eigenvalue weighted by Crippen LogP contribution is 2.41. The molecule has 0 radical (unpaired) electrons. The summed E-state index contributed by atoms with van der Waals surface area (Å²) in [6.07, 6.45) is -2.28. The quantitative estimate of drug-likeness (QED) is 0.764. The first kappa shape index (κ1) is 23.0. The second kappa shape index (κ2) is 8.59. The largest absolute Gasteiger partial charge is 0.405 e. The summed E-state index contributed by atoms with van der Waals surface area (Å²) in [5, 5.41) is 9.89. The molecule has 2 aliphatic rings. The van der Waals surface area contributed by atoms with Gasteiger partial charge < -0.3 is 10.6 Å². The minimum absolute atomic E-state index is 0. The van der Waals surface area contributed by atoms with Crippen LogP contribution >= 0.6 is 12.4 Å². The molecule has 1 amide bonds. The van der Waals surface area contributed by atoms with Crippen LogP contribution in [0, 0.1) is 0 Å². The summed E-state index contributed by atoms with van der Waals surface area (Å²) < 4.78 is 42.2. The van der Waals surface area contributed by atoms with E-state index in [9.17, 15) is 18.0 Å². The lowest BCUT2D eigenvalue weighted by atomic mass is 10.1. The van der Waals surface area contributed by atoms with Gasteiger partial charge in [0.2, 0.25) is 0 Å². The number of nitrogens with one attached hydrogen (secondary N) is 2. The Hall–Kier alpha value is -1.32. The number of rotatable bonds is 5. The molecule has 2 fully saturated rings. The van der Waals surface area contributed by atoms with Crippen LogP contribution in [0.15, 0.2) is 6.07 Å². The van der Waals surface area contributed by atoms with Crippen molar-refractivity contribution >= 4 is 18.3 Å². The first-order valence-corrected chi connectivity index (χ1v) is 9.47. The van der Waals surface area contributed by atoms with Gasteiger partial charge in [-0.3, -0.25) is 14.4 Å². The van der Waals surface area contributed by atoms with Crippen molar-refractivity contribution in [1.82, 2.24) is 25.3 Å². The van der Waals surface area contributed by atoms with Crippen molar-refractivity contribution in [3.8, 4) is 0 Å². The van der Waals surface area contributed by atoms with E-state index in [1.54, 1.807) is 6.07 Å². The van der Waals surface area contributed by atoms with Crippen LogP contribution in [0.2, 0.25) is 0 Å². The Labute approximate surface area is 169 Å². The van der Waals surface area contributed by atoms with E-state index in [4.69, 9.17) is 0 Å². The molecule has 2 heterocycles. The van der Waals surface area contributed by atoms with Gasteiger partial charge in [-0.25, -0.2) is 0 Å². The normalized spacial score (nSPS) is 19.8. The van der Waals surface area contributed by atoms with E-state index >= 15 is 0 Å². The van der Waals surface area contributed by atoms with Crippen LogP contribution < -0.4 is 10.6 Å². The van der Waals surface area contributed by atoms with Crippen LogP contribution in [-0.4, -0.2) is 65.5 Å². The van der Waals surface area contributed by atoms with Crippen LogP contribution in [0.3, 0.4) is 0 Å². The lowest BCUT2D eigenvalue weighted by Crippen LogP contribution is -2.57. The molecule has 2 N–H and O–H groups in total. The number of amides is 1. The molecular formula is C18H29ClF3N5O. The maximum Gasteiger partial charge on any atom is 0.405 e. The lowest BCUT2D eigenvalue weighted by Gasteiger charge is -2.35. The third-order valence-electron chi connectivity index (χ3n) is 5.03. The first-order chi connectivity index (χ1) is 12.6. The highest BCUT2D eigenvalue weighted by molar-refractivity contribution is 5.92. The number of alkyl halides is 3. The van der Waals surface area contributed by atoms with E-state index in [0.29, 0.717) is 32.1 Å².